The number of aromatic nitrogens is 3. The fraction of sp³-hybridized carbons (Fsp3) is 0.300. The van der Waals surface area contributed by atoms with Crippen LogP contribution in [-0.2, 0) is 4.79 Å². The van der Waals surface area contributed by atoms with E-state index < -0.39 is 6.04 Å². The molecule has 2 aliphatic rings. The zero-order valence-corrected chi connectivity index (χ0v) is 15.7. The van der Waals surface area contributed by atoms with Gasteiger partial charge in [-0.05, 0) is 50.5 Å². The number of hydrogen-bond donors (Lipinski definition) is 3. The Morgan fingerprint density at radius 2 is 2.11 bits per heavy atom. The van der Waals surface area contributed by atoms with Gasteiger partial charge < -0.3 is 9.73 Å². The molecule has 0 spiro atoms. The van der Waals surface area contributed by atoms with E-state index in [1.54, 1.807) is 0 Å². The van der Waals surface area contributed by atoms with E-state index in [-0.39, 0.29) is 5.78 Å². The molecule has 5 rings (SSSR count). The smallest absolute Gasteiger partial charge is 0.302 e. The summed E-state index contributed by atoms with van der Waals surface area (Å²) in [5.41, 5.74) is 5.86. The number of aliphatic imine (C=N–C) groups is 1. The first-order chi connectivity index (χ1) is 13.6. The summed E-state index contributed by atoms with van der Waals surface area (Å²) < 4.78 is 5.78. The monoisotopic (exact) mass is 376 g/mol. The number of benzene rings is 1. The van der Waals surface area contributed by atoms with Crippen molar-refractivity contribution in [3.8, 4) is 0 Å². The van der Waals surface area contributed by atoms with Crippen LogP contribution in [-0.4, -0.2) is 26.9 Å². The van der Waals surface area contributed by atoms with Crippen molar-refractivity contribution >= 4 is 28.9 Å². The van der Waals surface area contributed by atoms with Crippen LogP contribution in [0, 0.1) is 13.8 Å². The first-order valence-corrected chi connectivity index (χ1v) is 9.34. The number of fused-ring (bicyclic) bond motifs is 1. The predicted molar refractivity (Wildman–Crippen MR) is 105 cm³/mol. The highest BCUT2D eigenvalue weighted by atomic mass is 16.4. The molecule has 8 nitrogen and oxygen atoms in total. The molecule has 1 aliphatic carbocycles. The number of oxazole rings is 1. The molecule has 3 heterocycles. The quantitative estimate of drug-likeness (QED) is 0.633. The lowest BCUT2D eigenvalue weighted by molar-refractivity contribution is -0.116. The van der Waals surface area contributed by atoms with Gasteiger partial charge in [0.2, 0.25) is 5.96 Å². The molecule has 8 heteroatoms. The molecule has 3 N–H and O–H groups in total. The zero-order chi connectivity index (χ0) is 19.3. The maximum absolute atomic E-state index is 12.6. The second-order valence-electron chi connectivity index (χ2n) is 7.27. The van der Waals surface area contributed by atoms with Gasteiger partial charge in [0, 0.05) is 23.4 Å². The fourth-order valence-electron chi connectivity index (χ4n) is 3.73. The molecule has 0 bridgehead atoms. The van der Waals surface area contributed by atoms with Gasteiger partial charge in [-0.25, -0.2) is 4.99 Å². The van der Waals surface area contributed by atoms with Crippen LogP contribution < -0.4 is 10.6 Å². The normalized spacial score (nSPS) is 19.4. The number of allylic oxidation sites excluding steroid dienone is 1. The topological polar surface area (TPSA) is 108 Å². The van der Waals surface area contributed by atoms with Crippen molar-refractivity contribution in [2.75, 3.05) is 5.32 Å². The number of Topliss-reactive ketones (excluding diaryl/α,β-unsaturated/α-hetero) is 1. The summed E-state index contributed by atoms with van der Waals surface area (Å²) in [4.78, 5) is 21.8. The third-order valence-corrected chi connectivity index (χ3v) is 5.03. The number of guanidine groups is 1. The van der Waals surface area contributed by atoms with Crippen LogP contribution in [0.5, 0.6) is 0 Å². The van der Waals surface area contributed by atoms with Crippen molar-refractivity contribution in [2.45, 2.75) is 39.2 Å². The molecule has 0 saturated carbocycles. The molecular formula is C20H20N6O2. The van der Waals surface area contributed by atoms with E-state index in [4.69, 9.17) is 9.41 Å². The Bertz CT molecular complexity index is 1150. The average Bonchev–Trinajstić information content (AvgIpc) is 3.26. The Labute approximate surface area is 161 Å². The van der Waals surface area contributed by atoms with E-state index in [2.05, 4.69) is 25.8 Å². The van der Waals surface area contributed by atoms with Crippen molar-refractivity contribution < 1.29 is 9.21 Å². The molecule has 0 radical (unpaired) electrons. The molecule has 28 heavy (non-hydrogen) atoms. The molecular weight excluding hydrogens is 356 g/mol. The number of nitrogens with zero attached hydrogens (tertiary/aromatic N) is 3. The first-order valence-electron chi connectivity index (χ1n) is 9.34. The van der Waals surface area contributed by atoms with Gasteiger partial charge in [0.15, 0.2) is 11.4 Å². The summed E-state index contributed by atoms with van der Waals surface area (Å²) in [6, 6.07) is 7.68. The number of hydrogen-bond acceptors (Lipinski definition) is 7. The Kier molecular flexibility index (Phi) is 3.78. The Morgan fingerprint density at radius 1 is 1.21 bits per heavy atom. The molecule has 1 unspecified atom stereocenters. The van der Waals surface area contributed by atoms with Crippen LogP contribution in [0.25, 0.3) is 11.1 Å². The maximum Gasteiger partial charge on any atom is 0.302 e. The van der Waals surface area contributed by atoms with E-state index in [1.165, 1.54) is 0 Å². The molecule has 3 aromatic rings. The summed E-state index contributed by atoms with van der Waals surface area (Å²) in [6.07, 6.45) is 2.17. The average molecular weight is 376 g/mol. The number of rotatable bonds is 2. The van der Waals surface area contributed by atoms with E-state index in [0.717, 1.165) is 41.0 Å². The van der Waals surface area contributed by atoms with E-state index in [9.17, 15) is 4.79 Å². The molecule has 1 aromatic carbocycles. The lowest BCUT2D eigenvalue weighted by Crippen LogP contribution is -2.38. The summed E-state index contributed by atoms with van der Waals surface area (Å²) in [5.74, 6) is 0.627. The minimum atomic E-state index is -0.442. The highest BCUT2D eigenvalue weighted by molar-refractivity contribution is 6.03. The lowest BCUT2D eigenvalue weighted by atomic mass is 9.88. The van der Waals surface area contributed by atoms with Crippen LogP contribution in [0.2, 0.25) is 0 Å². The molecule has 142 valence electrons. The highest BCUT2D eigenvalue weighted by Crippen LogP contribution is 2.35. The van der Waals surface area contributed by atoms with Crippen molar-refractivity contribution in [3.63, 3.8) is 0 Å². The molecule has 2 aromatic heterocycles. The predicted octanol–water partition coefficient (Wildman–Crippen LogP) is 3.29. The minimum absolute atomic E-state index is 0.125. The van der Waals surface area contributed by atoms with Crippen LogP contribution >= 0.6 is 0 Å². The number of ketones is 1. The number of carbonyl (C=O) groups is 1. The van der Waals surface area contributed by atoms with Crippen molar-refractivity contribution in [2.24, 2.45) is 4.99 Å². The molecule has 1 atom stereocenters. The summed E-state index contributed by atoms with van der Waals surface area (Å²) in [5, 5.41) is 13.7. The molecule has 1 aliphatic heterocycles. The largest absolute Gasteiger partial charge is 0.423 e. The van der Waals surface area contributed by atoms with Crippen LogP contribution in [0.3, 0.4) is 0 Å². The number of aryl methyl sites for hydroxylation is 2. The summed E-state index contributed by atoms with van der Waals surface area (Å²) in [6.45, 7) is 3.94. The first kappa shape index (κ1) is 16.7. The van der Waals surface area contributed by atoms with Gasteiger partial charge in [0.25, 0.3) is 0 Å². The van der Waals surface area contributed by atoms with Gasteiger partial charge in [-0.2, -0.15) is 10.1 Å². The van der Waals surface area contributed by atoms with Crippen LogP contribution in [0.15, 0.2) is 44.9 Å². The van der Waals surface area contributed by atoms with E-state index in [1.807, 2.05) is 38.1 Å². The molecule has 0 saturated heterocycles. The van der Waals surface area contributed by atoms with E-state index >= 15 is 0 Å². The second-order valence-corrected chi connectivity index (χ2v) is 7.27. The van der Waals surface area contributed by atoms with Gasteiger partial charge in [-0.3, -0.25) is 15.2 Å². The SMILES string of the molecule is Cc1ccc2oc(NC3=NC(c4cc(C)[nH]n4)C4=C(CCCC4=O)N3)nc2c1. The van der Waals surface area contributed by atoms with Crippen molar-refractivity contribution in [3.05, 3.63) is 52.5 Å². The number of aromatic amines is 1. The Balaban J connectivity index is 1.51. The minimum Gasteiger partial charge on any atom is -0.423 e. The second kappa shape index (κ2) is 6.33. The summed E-state index contributed by atoms with van der Waals surface area (Å²) in [7, 11) is 0. The standard InChI is InChI=1S/C20H20N6O2/c1-10-6-7-16-13(8-10)22-20(28-16)24-19-21-12-4-3-5-15(27)17(12)18(23-19)14-9-11(2)25-26-14/h6-9,18H,3-5H2,1-2H3,(H,25,26)(H2,21,22,23,24). The van der Waals surface area contributed by atoms with Crippen LogP contribution in [0.4, 0.5) is 6.01 Å². The van der Waals surface area contributed by atoms with Gasteiger partial charge in [-0.1, -0.05) is 6.07 Å². The fourth-order valence-corrected chi connectivity index (χ4v) is 3.73. The van der Waals surface area contributed by atoms with Gasteiger partial charge in [0.05, 0.1) is 5.69 Å². The van der Waals surface area contributed by atoms with Gasteiger partial charge in [0.1, 0.15) is 11.6 Å². The lowest BCUT2D eigenvalue weighted by Gasteiger charge is -2.29. The van der Waals surface area contributed by atoms with Gasteiger partial charge >= 0.3 is 6.01 Å². The Hall–Kier alpha value is -3.42. The molecule has 0 fully saturated rings. The third kappa shape index (κ3) is 2.87. The number of H-pyrrole nitrogens is 1. The zero-order valence-electron chi connectivity index (χ0n) is 15.7. The Morgan fingerprint density at radius 3 is 2.93 bits per heavy atom. The summed E-state index contributed by atoms with van der Waals surface area (Å²) >= 11 is 0. The highest BCUT2D eigenvalue weighted by Gasteiger charge is 2.34. The number of nitrogens with one attached hydrogen (secondary N) is 3. The molecule has 0 amide bonds. The van der Waals surface area contributed by atoms with E-state index in [0.29, 0.717) is 29.6 Å². The van der Waals surface area contributed by atoms with Crippen molar-refractivity contribution in [1.29, 1.82) is 0 Å². The van der Waals surface area contributed by atoms with Crippen molar-refractivity contribution in [1.82, 2.24) is 20.5 Å². The number of anilines is 1. The van der Waals surface area contributed by atoms with Crippen LogP contribution in [0.1, 0.15) is 42.3 Å². The maximum atomic E-state index is 12.6. The third-order valence-electron chi connectivity index (χ3n) is 5.03. The number of carbonyl (C=O) groups excluding carboxylic acids is 1. The van der Waals surface area contributed by atoms with Gasteiger partial charge in [-0.15, -0.1) is 0 Å².